The minimum Gasteiger partial charge on any atom is -0.305 e. The van der Waals surface area contributed by atoms with Crippen LogP contribution in [0.5, 0.6) is 0 Å². The Morgan fingerprint density at radius 1 is 1.42 bits per heavy atom. The zero-order chi connectivity index (χ0) is 16.9. The molecule has 0 unspecified atom stereocenters. The predicted molar refractivity (Wildman–Crippen MR) is 87.8 cm³/mol. The van der Waals surface area contributed by atoms with Gasteiger partial charge in [-0.2, -0.15) is 10.2 Å². The van der Waals surface area contributed by atoms with Crippen LogP contribution in [0.1, 0.15) is 46.3 Å². The van der Waals surface area contributed by atoms with E-state index in [1.165, 1.54) is 0 Å². The quantitative estimate of drug-likeness (QED) is 0.859. The fourth-order valence-corrected chi connectivity index (χ4v) is 5.23. The number of sulfone groups is 1. The summed E-state index contributed by atoms with van der Waals surface area (Å²) in [5.74, 6) is 0.469. The van der Waals surface area contributed by atoms with Crippen LogP contribution in [0, 0.1) is 6.92 Å². The summed E-state index contributed by atoms with van der Waals surface area (Å²) in [5.41, 5.74) is 3.18. The van der Waals surface area contributed by atoms with Crippen molar-refractivity contribution in [3.63, 3.8) is 0 Å². The molecule has 3 heterocycles. The van der Waals surface area contributed by atoms with Gasteiger partial charge in [-0.25, -0.2) is 13.1 Å². The summed E-state index contributed by atoms with van der Waals surface area (Å²) in [5, 5.41) is 14.3. The van der Waals surface area contributed by atoms with Crippen LogP contribution < -0.4 is 5.32 Å². The van der Waals surface area contributed by atoms with Crippen molar-refractivity contribution >= 4 is 21.6 Å². The van der Waals surface area contributed by atoms with Crippen molar-refractivity contribution in [1.29, 1.82) is 0 Å². The molecule has 24 heavy (non-hydrogen) atoms. The molecule has 2 aromatic rings. The highest BCUT2D eigenvalue weighted by molar-refractivity contribution is 7.91. The van der Waals surface area contributed by atoms with Crippen LogP contribution in [0.25, 0.3) is 0 Å². The third kappa shape index (κ3) is 2.62. The van der Waals surface area contributed by atoms with Gasteiger partial charge < -0.3 is 5.32 Å². The Bertz CT molecular complexity index is 912. The van der Waals surface area contributed by atoms with E-state index in [1.54, 1.807) is 10.7 Å². The molecule has 1 aliphatic heterocycles. The smallest absolute Gasteiger partial charge is 0.277 e. The third-order valence-corrected chi connectivity index (χ3v) is 6.43. The highest BCUT2D eigenvalue weighted by Crippen LogP contribution is 2.28. The zero-order valence-electron chi connectivity index (χ0n) is 13.4. The Morgan fingerprint density at radius 3 is 3.00 bits per heavy atom. The number of aromatic amines is 1. The van der Waals surface area contributed by atoms with E-state index >= 15 is 0 Å². The fourth-order valence-electron chi connectivity index (χ4n) is 3.54. The number of nitrogens with zero attached hydrogens (tertiary/aromatic N) is 3. The fraction of sp³-hybridized carbons (Fsp3) is 0.533. The van der Waals surface area contributed by atoms with Crippen molar-refractivity contribution in [3.05, 3.63) is 28.7 Å². The molecule has 0 radical (unpaired) electrons. The number of carbonyl (C=O) groups is 1. The van der Waals surface area contributed by atoms with Gasteiger partial charge >= 0.3 is 0 Å². The van der Waals surface area contributed by atoms with Gasteiger partial charge in [-0.15, -0.1) is 0 Å². The Labute approximate surface area is 139 Å². The Kier molecular flexibility index (Phi) is 3.48. The summed E-state index contributed by atoms with van der Waals surface area (Å²) in [6.07, 6.45) is 3.32. The second-order valence-corrected chi connectivity index (χ2v) is 8.74. The van der Waals surface area contributed by atoms with Gasteiger partial charge in [0.1, 0.15) is 5.82 Å². The number of hydrogen-bond donors (Lipinski definition) is 2. The number of hydrogen-bond acceptors (Lipinski definition) is 5. The number of fused-ring (bicyclic) bond motifs is 1. The molecule has 1 saturated heterocycles. The van der Waals surface area contributed by atoms with Crippen LogP contribution >= 0.6 is 0 Å². The molecule has 8 nitrogen and oxygen atoms in total. The lowest BCUT2D eigenvalue weighted by molar-refractivity contribution is 0.102. The average Bonchev–Trinajstić information content (AvgIpc) is 3.22. The molecule has 128 valence electrons. The van der Waals surface area contributed by atoms with Crippen LogP contribution in [0.4, 0.5) is 5.82 Å². The minimum absolute atomic E-state index is 0.0643. The maximum atomic E-state index is 12.6. The monoisotopic (exact) mass is 349 g/mol. The number of amides is 1. The predicted octanol–water partition coefficient (Wildman–Crippen LogP) is 1.02. The van der Waals surface area contributed by atoms with Gasteiger partial charge in [0.25, 0.3) is 5.91 Å². The Balaban J connectivity index is 1.60. The maximum Gasteiger partial charge on any atom is 0.277 e. The van der Waals surface area contributed by atoms with Gasteiger partial charge in [0.05, 0.1) is 23.2 Å². The number of aryl methyl sites for hydroxylation is 2. The second kappa shape index (κ2) is 5.44. The molecule has 2 aromatic heterocycles. The molecule has 1 aliphatic carbocycles. The number of rotatable bonds is 3. The molecule has 0 saturated carbocycles. The molecule has 1 amide bonds. The summed E-state index contributed by atoms with van der Waals surface area (Å²) < 4.78 is 25.1. The third-order valence-electron chi connectivity index (χ3n) is 4.68. The van der Waals surface area contributed by atoms with Crippen molar-refractivity contribution in [2.24, 2.45) is 0 Å². The number of nitrogens with one attached hydrogen (secondary N) is 2. The molecular formula is C15H19N5O3S. The van der Waals surface area contributed by atoms with Gasteiger partial charge in [-0.05, 0) is 32.6 Å². The molecule has 0 aromatic carbocycles. The molecule has 0 bridgehead atoms. The van der Waals surface area contributed by atoms with E-state index in [9.17, 15) is 13.2 Å². The van der Waals surface area contributed by atoms with Crippen LogP contribution in [-0.2, 0) is 22.7 Å². The first-order valence-corrected chi connectivity index (χ1v) is 9.89. The van der Waals surface area contributed by atoms with E-state index < -0.39 is 9.84 Å². The normalized spacial score (nSPS) is 21.8. The summed E-state index contributed by atoms with van der Waals surface area (Å²) in [4.78, 5) is 12.6. The lowest BCUT2D eigenvalue weighted by atomic mass is 10.2. The van der Waals surface area contributed by atoms with Crippen molar-refractivity contribution in [2.75, 3.05) is 16.8 Å². The van der Waals surface area contributed by atoms with Crippen LogP contribution in [0.3, 0.4) is 0 Å². The summed E-state index contributed by atoms with van der Waals surface area (Å²) in [6.45, 7) is 1.82. The summed E-state index contributed by atoms with van der Waals surface area (Å²) >= 11 is 0. The van der Waals surface area contributed by atoms with Gasteiger partial charge in [-0.3, -0.25) is 9.89 Å². The van der Waals surface area contributed by atoms with Gasteiger partial charge in [0.2, 0.25) is 0 Å². The second-order valence-electron chi connectivity index (χ2n) is 6.51. The van der Waals surface area contributed by atoms with E-state index in [0.29, 0.717) is 17.9 Å². The number of aromatic nitrogens is 4. The van der Waals surface area contributed by atoms with E-state index in [4.69, 9.17) is 0 Å². The van der Waals surface area contributed by atoms with E-state index in [-0.39, 0.29) is 23.5 Å². The summed E-state index contributed by atoms with van der Waals surface area (Å²) in [6, 6.07) is 1.53. The Morgan fingerprint density at radius 2 is 2.25 bits per heavy atom. The number of anilines is 1. The van der Waals surface area contributed by atoms with Crippen LogP contribution in [-0.4, -0.2) is 45.8 Å². The number of carbonyl (C=O) groups excluding carboxylic acids is 1. The molecule has 4 rings (SSSR count). The van der Waals surface area contributed by atoms with E-state index in [1.807, 2.05) is 6.92 Å². The van der Waals surface area contributed by atoms with Crippen molar-refractivity contribution in [2.45, 2.75) is 38.6 Å². The van der Waals surface area contributed by atoms with Crippen molar-refractivity contribution < 1.29 is 13.2 Å². The van der Waals surface area contributed by atoms with Crippen molar-refractivity contribution in [3.8, 4) is 0 Å². The summed E-state index contributed by atoms with van der Waals surface area (Å²) in [7, 11) is -3.02. The minimum atomic E-state index is -3.02. The van der Waals surface area contributed by atoms with E-state index in [0.717, 1.165) is 36.2 Å². The zero-order valence-corrected chi connectivity index (χ0v) is 14.2. The Hall–Kier alpha value is -2.16. The van der Waals surface area contributed by atoms with E-state index in [2.05, 4.69) is 20.6 Å². The first-order chi connectivity index (χ1) is 11.4. The molecular weight excluding hydrogens is 330 g/mol. The lowest BCUT2D eigenvalue weighted by Crippen LogP contribution is -2.20. The molecule has 1 fully saturated rings. The molecule has 9 heteroatoms. The van der Waals surface area contributed by atoms with Gasteiger partial charge in [-0.1, -0.05) is 0 Å². The first kappa shape index (κ1) is 15.4. The molecule has 1 atom stereocenters. The lowest BCUT2D eigenvalue weighted by Gasteiger charge is -2.13. The maximum absolute atomic E-state index is 12.6. The highest BCUT2D eigenvalue weighted by Gasteiger charge is 2.32. The standard InChI is InChI=1S/C15H19N5O3S/c1-9-7-13(20(19-9)10-5-6-24(22,23)8-10)16-15(21)14-11-3-2-4-12(11)17-18-14/h7,10H,2-6,8H2,1H3,(H,16,21)(H,17,18)/t10-/m1/s1. The van der Waals surface area contributed by atoms with Crippen LogP contribution in [0.15, 0.2) is 6.07 Å². The molecule has 2 aliphatic rings. The average molecular weight is 349 g/mol. The number of H-pyrrole nitrogens is 1. The van der Waals surface area contributed by atoms with Gasteiger partial charge in [0, 0.05) is 17.3 Å². The topological polar surface area (TPSA) is 110 Å². The first-order valence-electron chi connectivity index (χ1n) is 8.07. The largest absolute Gasteiger partial charge is 0.305 e. The van der Waals surface area contributed by atoms with Gasteiger partial charge in [0.15, 0.2) is 15.5 Å². The van der Waals surface area contributed by atoms with Crippen molar-refractivity contribution in [1.82, 2.24) is 20.0 Å². The van der Waals surface area contributed by atoms with Crippen LogP contribution in [0.2, 0.25) is 0 Å². The molecule has 2 N–H and O–H groups in total. The highest BCUT2D eigenvalue weighted by atomic mass is 32.2. The SMILES string of the molecule is Cc1cc(NC(=O)c2n[nH]c3c2CCC3)n([C@@H]2CCS(=O)(=O)C2)n1. The molecule has 0 spiro atoms.